The number of anilines is 2. The van der Waals surface area contributed by atoms with Gasteiger partial charge in [0, 0.05) is 24.3 Å². The molecular weight excluding hydrogens is 486 g/mol. The Morgan fingerprint density at radius 2 is 1.87 bits per heavy atom. The number of rotatable bonds is 9. The van der Waals surface area contributed by atoms with Crippen LogP contribution in [-0.2, 0) is 16.0 Å². The van der Waals surface area contributed by atoms with Gasteiger partial charge in [-0.1, -0.05) is 48.0 Å². The lowest BCUT2D eigenvalue weighted by Gasteiger charge is -2.35. The minimum Gasteiger partial charge on any atom is -0.397 e. The Bertz CT molecular complexity index is 1300. The molecule has 2 aromatic carbocycles. The largest absolute Gasteiger partial charge is 0.397 e. The van der Waals surface area contributed by atoms with Crippen molar-refractivity contribution in [2.45, 2.75) is 45.1 Å². The molecule has 2 heterocycles. The van der Waals surface area contributed by atoms with E-state index in [0.29, 0.717) is 37.0 Å². The number of nitrogens with two attached hydrogens (primary N) is 1. The molecule has 198 valence electrons. The number of aromatic nitrogens is 1. The van der Waals surface area contributed by atoms with Crippen molar-refractivity contribution in [3.63, 3.8) is 0 Å². The van der Waals surface area contributed by atoms with Crippen LogP contribution in [0.15, 0.2) is 78.5 Å². The number of benzene rings is 2. The van der Waals surface area contributed by atoms with E-state index in [0.717, 1.165) is 22.4 Å². The summed E-state index contributed by atoms with van der Waals surface area (Å²) in [6.45, 7) is 2.40. The van der Waals surface area contributed by atoms with Crippen molar-refractivity contribution in [2.24, 2.45) is 0 Å². The number of hydrogen-bond acceptors (Lipinski definition) is 4. The summed E-state index contributed by atoms with van der Waals surface area (Å²) in [4.78, 5) is 33.9. The van der Waals surface area contributed by atoms with E-state index in [2.05, 4.69) is 4.98 Å². The number of carbonyl (C=O) groups is 2. The Labute approximate surface area is 221 Å². The Hall–Kier alpha value is -4.07. The van der Waals surface area contributed by atoms with Crippen LogP contribution in [-0.4, -0.2) is 41.3 Å². The Morgan fingerprint density at radius 1 is 1.11 bits per heavy atom. The molecule has 2 N–H and O–H groups in total. The van der Waals surface area contributed by atoms with Crippen molar-refractivity contribution >= 4 is 23.7 Å². The van der Waals surface area contributed by atoms with E-state index in [4.69, 9.17) is 5.73 Å². The van der Waals surface area contributed by atoms with Gasteiger partial charge in [0.15, 0.2) is 0 Å². The van der Waals surface area contributed by atoms with Crippen LogP contribution in [0.5, 0.6) is 0 Å². The maximum atomic E-state index is 13.8. The first-order valence-electron chi connectivity index (χ1n) is 12.8. The zero-order valence-corrected chi connectivity index (χ0v) is 21.4. The quantitative estimate of drug-likeness (QED) is 0.365. The van der Waals surface area contributed by atoms with Crippen LogP contribution in [0.3, 0.4) is 0 Å². The number of aryl methyl sites for hydroxylation is 2. The minimum atomic E-state index is -1.66. The van der Waals surface area contributed by atoms with Crippen LogP contribution in [0.25, 0.3) is 11.1 Å². The third-order valence-corrected chi connectivity index (χ3v) is 6.95. The fourth-order valence-electron chi connectivity index (χ4n) is 4.89. The number of halogens is 2. The van der Waals surface area contributed by atoms with Gasteiger partial charge < -0.3 is 15.5 Å². The smallest absolute Gasteiger partial charge is 0.269 e. The minimum absolute atomic E-state index is 0.0945. The molecule has 0 radical (unpaired) electrons. The number of nitrogens with zero attached hydrogens (tertiary/aromatic N) is 3. The highest BCUT2D eigenvalue weighted by Gasteiger charge is 2.33. The monoisotopic (exact) mass is 518 g/mol. The fraction of sp³-hybridized carbons (Fsp3) is 0.300. The van der Waals surface area contributed by atoms with E-state index < -0.39 is 12.1 Å². The number of piperidine rings is 1. The Kier molecular flexibility index (Phi) is 8.84. The maximum Gasteiger partial charge on any atom is 0.269 e. The van der Waals surface area contributed by atoms with Gasteiger partial charge in [0.05, 0.1) is 17.6 Å². The van der Waals surface area contributed by atoms with Crippen LogP contribution in [0.1, 0.15) is 36.9 Å². The highest BCUT2D eigenvalue weighted by Crippen LogP contribution is 2.33. The molecule has 2 amide bonds. The number of para-hydroxylation sites is 1. The van der Waals surface area contributed by atoms with Crippen molar-refractivity contribution < 1.29 is 18.4 Å². The Morgan fingerprint density at radius 3 is 2.53 bits per heavy atom. The van der Waals surface area contributed by atoms with E-state index in [9.17, 15) is 18.4 Å². The number of nitrogen functional groups attached to an aromatic ring is 1. The predicted octanol–water partition coefficient (Wildman–Crippen LogP) is 5.77. The maximum absolute atomic E-state index is 13.8. The molecule has 1 saturated heterocycles. The predicted molar refractivity (Wildman–Crippen MR) is 146 cm³/mol. The van der Waals surface area contributed by atoms with Gasteiger partial charge in [0.2, 0.25) is 12.3 Å². The van der Waals surface area contributed by atoms with Crippen molar-refractivity contribution in [1.29, 1.82) is 0 Å². The molecule has 8 heteroatoms. The third-order valence-electron chi connectivity index (χ3n) is 6.95. The van der Waals surface area contributed by atoms with Gasteiger partial charge in [0.25, 0.3) is 6.08 Å². The number of likely N-dealkylation sites (tertiary alicyclic amines) is 1. The summed E-state index contributed by atoms with van der Waals surface area (Å²) in [5.74, 6) is -0.236. The molecule has 0 unspecified atom stereocenters. The summed E-state index contributed by atoms with van der Waals surface area (Å²) in [7, 11) is 0. The number of hydrogen-bond donors (Lipinski definition) is 1. The van der Waals surface area contributed by atoms with E-state index in [-0.39, 0.29) is 37.4 Å². The van der Waals surface area contributed by atoms with Crippen LogP contribution in [0.4, 0.5) is 20.2 Å². The molecule has 6 nitrogen and oxygen atoms in total. The highest BCUT2D eigenvalue weighted by molar-refractivity contribution is 5.96. The van der Waals surface area contributed by atoms with Gasteiger partial charge in [-0.25, -0.2) is 0 Å². The molecule has 0 saturated carbocycles. The van der Waals surface area contributed by atoms with E-state index in [1.807, 2.05) is 61.5 Å². The lowest BCUT2D eigenvalue weighted by molar-refractivity contribution is -0.134. The topological polar surface area (TPSA) is 79.5 Å². The van der Waals surface area contributed by atoms with Crippen LogP contribution in [0, 0.1) is 6.92 Å². The van der Waals surface area contributed by atoms with Crippen LogP contribution >= 0.6 is 0 Å². The zero-order valence-electron chi connectivity index (χ0n) is 21.4. The van der Waals surface area contributed by atoms with E-state index in [1.54, 1.807) is 17.2 Å². The van der Waals surface area contributed by atoms with Gasteiger partial charge in [-0.15, -0.1) is 0 Å². The molecule has 0 bridgehead atoms. The zero-order chi connectivity index (χ0) is 27.1. The first kappa shape index (κ1) is 27.0. The van der Waals surface area contributed by atoms with Gasteiger partial charge in [0.1, 0.15) is 6.04 Å². The summed E-state index contributed by atoms with van der Waals surface area (Å²) in [6, 6.07) is 18.3. The van der Waals surface area contributed by atoms with E-state index in [1.165, 1.54) is 4.90 Å². The molecule has 3 aromatic rings. The molecule has 1 aliphatic rings. The average Bonchev–Trinajstić information content (AvgIpc) is 2.93. The molecule has 38 heavy (non-hydrogen) atoms. The highest BCUT2D eigenvalue weighted by atomic mass is 19.3. The van der Waals surface area contributed by atoms with E-state index >= 15 is 0 Å². The number of amides is 2. The molecule has 1 fully saturated rings. The summed E-state index contributed by atoms with van der Waals surface area (Å²) < 4.78 is 26.2. The second-order valence-corrected chi connectivity index (χ2v) is 9.58. The van der Waals surface area contributed by atoms with Gasteiger partial charge in [-0.2, -0.15) is 8.78 Å². The molecule has 4 rings (SSSR count). The SMILES string of the molecule is Cc1cccc(-c2ccccc2N(C=O)[C@@H](CCCc2ccc(N)cn2)C(=O)N2CCC(=C(F)F)CC2)c1. The molecule has 0 spiro atoms. The summed E-state index contributed by atoms with van der Waals surface area (Å²) in [5, 5.41) is 0. The van der Waals surface area contributed by atoms with Gasteiger partial charge in [-0.3, -0.25) is 14.6 Å². The number of carbonyl (C=O) groups excluding carboxylic acids is 2. The normalized spacial score (nSPS) is 14.2. The average molecular weight is 519 g/mol. The molecular formula is C30H32F2N4O2. The molecule has 1 atom stereocenters. The van der Waals surface area contributed by atoms with Crippen LogP contribution in [0.2, 0.25) is 0 Å². The second-order valence-electron chi connectivity index (χ2n) is 9.58. The van der Waals surface area contributed by atoms with Crippen molar-refractivity contribution in [2.75, 3.05) is 23.7 Å². The summed E-state index contributed by atoms with van der Waals surface area (Å²) in [5.41, 5.74) is 10.7. The van der Waals surface area contributed by atoms with Gasteiger partial charge >= 0.3 is 0 Å². The van der Waals surface area contributed by atoms with Crippen molar-refractivity contribution in [1.82, 2.24) is 9.88 Å². The Balaban J connectivity index is 1.63. The standard InChI is InChI=1S/C30H32F2N4O2/c1-21-6-4-7-23(18-21)26-9-2-3-10-27(26)36(20-37)28(11-5-8-25-13-12-24(33)19-34-25)30(38)35-16-14-22(15-17-35)29(31)32/h2-4,6-7,9-10,12-13,18-20,28H,5,8,11,14-17,33H2,1H3/t28-/m0/s1. The van der Waals surface area contributed by atoms with Gasteiger partial charge in [-0.05, 0) is 68.4 Å². The summed E-state index contributed by atoms with van der Waals surface area (Å²) >= 11 is 0. The molecule has 0 aliphatic carbocycles. The molecule has 1 aliphatic heterocycles. The fourth-order valence-corrected chi connectivity index (χ4v) is 4.89. The van der Waals surface area contributed by atoms with Crippen molar-refractivity contribution in [3.05, 3.63) is 89.8 Å². The third kappa shape index (κ3) is 6.43. The summed E-state index contributed by atoms with van der Waals surface area (Å²) in [6.07, 6.45) is 2.51. The second kappa shape index (κ2) is 12.4. The first-order chi connectivity index (χ1) is 18.4. The van der Waals surface area contributed by atoms with Crippen LogP contribution < -0.4 is 10.6 Å². The lowest BCUT2D eigenvalue weighted by atomic mass is 9.98. The first-order valence-corrected chi connectivity index (χ1v) is 12.8. The molecule has 1 aromatic heterocycles. The lowest BCUT2D eigenvalue weighted by Crippen LogP contribution is -2.50. The van der Waals surface area contributed by atoms with Crippen molar-refractivity contribution in [3.8, 4) is 11.1 Å². The number of pyridine rings is 1.